The first-order valence-electron chi connectivity index (χ1n) is 6.07. The summed E-state index contributed by atoms with van der Waals surface area (Å²) in [5.74, 6) is 0.449. The molecule has 1 aromatic rings. The predicted octanol–water partition coefficient (Wildman–Crippen LogP) is 1.87. The summed E-state index contributed by atoms with van der Waals surface area (Å²) >= 11 is 0. The van der Waals surface area contributed by atoms with Gasteiger partial charge in [-0.15, -0.1) is 0 Å². The normalized spacial score (nSPS) is 10.9. The van der Waals surface area contributed by atoms with E-state index in [1.54, 1.807) is 11.6 Å². The molecule has 7 heteroatoms. The van der Waals surface area contributed by atoms with Gasteiger partial charge in [-0.1, -0.05) is 0 Å². The molecule has 0 fully saturated rings. The number of rotatable bonds is 7. The van der Waals surface area contributed by atoms with Crippen molar-refractivity contribution in [2.24, 2.45) is 0 Å². The van der Waals surface area contributed by atoms with E-state index in [0.717, 1.165) is 6.42 Å². The van der Waals surface area contributed by atoms with E-state index < -0.39 is 4.92 Å². The summed E-state index contributed by atoms with van der Waals surface area (Å²) < 4.78 is 1.63. The van der Waals surface area contributed by atoms with Crippen molar-refractivity contribution in [2.75, 3.05) is 18.5 Å². The summed E-state index contributed by atoms with van der Waals surface area (Å²) in [5.41, 5.74) is 0.450. The van der Waals surface area contributed by atoms with Crippen LogP contribution in [0.3, 0.4) is 0 Å². The van der Waals surface area contributed by atoms with Crippen molar-refractivity contribution >= 4 is 11.5 Å². The van der Waals surface area contributed by atoms with Crippen LogP contribution in [0, 0.1) is 17.0 Å². The van der Waals surface area contributed by atoms with Gasteiger partial charge in [-0.3, -0.25) is 10.1 Å². The first-order chi connectivity index (χ1) is 8.49. The average molecular weight is 256 g/mol. The number of nitrogens with zero attached hydrogens (tertiary/aromatic N) is 3. The number of unbranched alkanes of at least 4 members (excludes halogenated alkanes) is 1. The molecule has 0 aromatic carbocycles. The lowest BCUT2D eigenvalue weighted by Gasteiger charge is -2.11. The van der Waals surface area contributed by atoms with Gasteiger partial charge in [-0.25, -0.2) is 4.68 Å². The molecule has 0 aliphatic rings. The van der Waals surface area contributed by atoms with Crippen molar-refractivity contribution in [3.05, 3.63) is 15.8 Å². The Morgan fingerprint density at radius 3 is 2.67 bits per heavy atom. The topological polar surface area (TPSA) is 93.2 Å². The Bertz CT molecular complexity index is 415. The lowest BCUT2D eigenvalue weighted by Crippen LogP contribution is -2.12. The van der Waals surface area contributed by atoms with Crippen LogP contribution in [0.25, 0.3) is 0 Å². The molecule has 1 rings (SSSR count). The van der Waals surface area contributed by atoms with Gasteiger partial charge < -0.3 is 10.4 Å². The molecule has 0 saturated heterocycles. The van der Waals surface area contributed by atoms with Crippen LogP contribution in [0.5, 0.6) is 0 Å². The van der Waals surface area contributed by atoms with Crippen LogP contribution >= 0.6 is 0 Å². The molecule has 0 spiro atoms. The molecule has 18 heavy (non-hydrogen) atoms. The van der Waals surface area contributed by atoms with Crippen LogP contribution < -0.4 is 5.32 Å². The first-order valence-corrected chi connectivity index (χ1v) is 6.07. The lowest BCUT2D eigenvalue weighted by molar-refractivity contribution is -0.384. The lowest BCUT2D eigenvalue weighted by atomic mass is 10.3. The molecule has 2 N–H and O–H groups in total. The fraction of sp³-hybridized carbons (Fsp3) is 0.727. The second-order valence-electron chi connectivity index (χ2n) is 4.44. The minimum Gasteiger partial charge on any atom is -0.396 e. The van der Waals surface area contributed by atoms with Crippen molar-refractivity contribution in [3.8, 4) is 0 Å². The molecule has 1 heterocycles. The summed E-state index contributed by atoms with van der Waals surface area (Å²) in [6.07, 6.45) is 1.44. The van der Waals surface area contributed by atoms with Gasteiger partial charge in [-0.2, -0.15) is 5.10 Å². The zero-order valence-electron chi connectivity index (χ0n) is 11.0. The Balaban J connectivity index is 2.93. The minimum absolute atomic E-state index is 0.0349. The third-order valence-electron chi connectivity index (χ3n) is 2.60. The maximum atomic E-state index is 11.0. The quantitative estimate of drug-likeness (QED) is 0.441. The summed E-state index contributed by atoms with van der Waals surface area (Å²) in [6.45, 7) is 6.20. The van der Waals surface area contributed by atoms with Crippen LogP contribution in [-0.4, -0.2) is 33.0 Å². The Morgan fingerprint density at radius 2 is 2.17 bits per heavy atom. The summed E-state index contributed by atoms with van der Waals surface area (Å²) in [7, 11) is 0. The SMILES string of the molecule is Cc1nn(C(C)C)c(NCCCCO)c1[N+](=O)[O-]. The highest BCUT2D eigenvalue weighted by atomic mass is 16.6. The largest absolute Gasteiger partial charge is 0.396 e. The number of hydrogen-bond donors (Lipinski definition) is 2. The molecular formula is C11H20N4O3. The van der Waals surface area contributed by atoms with E-state index in [1.807, 2.05) is 13.8 Å². The molecule has 1 aromatic heterocycles. The van der Waals surface area contributed by atoms with Crippen LogP contribution in [0.1, 0.15) is 38.4 Å². The minimum atomic E-state index is -0.407. The van der Waals surface area contributed by atoms with Gasteiger partial charge in [0.15, 0.2) is 0 Å². The van der Waals surface area contributed by atoms with E-state index in [4.69, 9.17) is 5.11 Å². The number of nitro groups is 1. The van der Waals surface area contributed by atoms with E-state index in [2.05, 4.69) is 10.4 Å². The monoisotopic (exact) mass is 256 g/mol. The molecule has 0 saturated carbocycles. The summed E-state index contributed by atoms with van der Waals surface area (Å²) in [6, 6.07) is 0.0535. The highest BCUT2D eigenvalue weighted by Gasteiger charge is 2.25. The van der Waals surface area contributed by atoms with Crippen molar-refractivity contribution < 1.29 is 10.0 Å². The van der Waals surface area contributed by atoms with Crippen LogP contribution in [-0.2, 0) is 0 Å². The maximum absolute atomic E-state index is 11.0. The summed E-state index contributed by atoms with van der Waals surface area (Å²) in [4.78, 5) is 10.6. The van der Waals surface area contributed by atoms with Gasteiger partial charge >= 0.3 is 5.69 Å². The van der Waals surface area contributed by atoms with E-state index in [-0.39, 0.29) is 18.3 Å². The van der Waals surface area contributed by atoms with Gasteiger partial charge in [0.1, 0.15) is 5.69 Å². The van der Waals surface area contributed by atoms with Crippen molar-refractivity contribution in [2.45, 2.75) is 39.7 Å². The van der Waals surface area contributed by atoms with Gasteiger partial charge in [-0.05, 0) is 33.6 Å². The Kier molecular flexibility index (Phi) is 5.08. The maximum Gasteiger partial charge on any atom is 0.333 e. The highest BCUT2D eigenvalue weighted by molar-refractivity contribution is 5.59. The molecule has 0 radical (unpaired) electrons. The van der Waals surface area contributed by atoms with E-state index in [9.17, 15) is 10.1 Å². The molecule has 0 unspecified atom stereocenters. The van der Waals surface area contributed by atoms with Crippen LogP contribution in [0.4, 0.5) is 11.5 Å². The van der Waals surface area contributed by atoms with Gasteiger partial charge in [0.2, 0.25) is 5.82 Å². The third kappa shape index (κ3) is 3.19. The number of aliphatic hydroxyl groups is 1. The molecular weight excluding hydrogens is 236 g/mol. The number of aromatic nitrogens is 2. The molecule has 7 nitrogen and oxygen atoms in total. The highest BCUT2D eigenvalue weighted by Crippen LogP contribution is 2.30. The predicted molar refractivity (Wildman–Crippen MR) is 68.8 cm³/mol. The first kappa shape index (κ1) is 14.4. The molecule has 0 aliphatic heterocycles. The molecule has 102 valence electrons. The van der Waals surface area contributed by atoms with Crippen molar-refractivity contribution in [1.82, 2.24) is 9.78 Å². The number of nitrogens with one attached hydrogen (secondary N) is 1. The molecule has 0 amide bonds. The Hall–Kier alpha value is -1.63. The van der Waals surface area contributed by atoms with Gasteiger partial charge in [0, 0.05) is 19.2 Å². The third-order valence-corrected chi connectivity index (χ3v) is 2.60. The number of aryl methyl sites for hydroxylation is 1. The number of anilines is 1. The Labute approximate surface area is 106 Å². The van der Waals surface area contributed by atoms with Crippen LogP contribution in [0.2, 0.25) is 0 Å². The van der Waals surface area contributed by atoms with Crippen molar-refractivity contribution in [3.63, 3.8) is 0 Å². The van der Waals surface area contributed by atoms with Crippen LogP contribution in [0.15, 0.2) is 0 Å². The Morgan fingerprint density at radius 1 is 1.50 bits per heavy atom. The van der Waals surface area contributed by atoms with E-state index >= 15 is 0 Å². The number of aliphatic hydroxyl groups excluding tert-OH is 1. The molecule has 0 bridgehead atoms. The average Bonchev–Trinajstić information content (AvgIpc) is 2.62. The fourth-order valence-electron chi connectivity index (χ4n) is 1.74. The van der Waals surface area contributed by atoms with Crippen molar-refractivity contribution in [1.29, 1.82) is 0 Å². The van der Waals surface area contributed by atoms with E-state index in [1.165, 1.54) is 0 Å². The smallest absolute Gasteiger partial charge is 0.333 e. The zero-order chi connectivity index (χ0) is 13.7. The molecule has 0 atom stereocenters. The zero-order valence-corrected chi connectivity index (χ0v) is 11.0. The standard InChI is InChI=1S/C11H20N4O3/c1-8(2)14-11(12-6-4-5-7-16)10(15(17)18)9(3)13-14/h8,12,16H,4-7H2,1-3H3. The molecule has 0 aliphatic carbocycles. The second kappa shape index (κ2) is 6.34. The fourth-order valence-corrected chi connectivity index (χ4v) is 1.74. The summed E-state index contributed by atoms with van der Waals surface area (Å²) in [5, 5.41) is 27.0. The second-order valence-corrected chi connectivity index (χ2v) is 4.44. The van der Waals surface area contributed by atoms with Gasteiger partial charge in [0.25, 0.3) is 0 Å². The van der Waals surface area contributed by atoms with Gasteiger partial charge in [0.05, 0.1) is 4.92 Å². The number of hydrogen-bond acceptors (Lipinski definition) is 5. The van der Waals surface area contributed by atoms with E-state index in [0.29, 0.717) is 24.5 Å².